The van der Waals surface area contributed by atoms with Crippen LogP contribution < -0.4 is 0 Å². The van der Waals surface area contributed by atoms with E-state index in [4.69, 9.17) is 9.52 Å². The lowest BCUT2D eigenvalue weighted by Gasteiger charge is -2.32. The molecule has 0 unspecified atom stereocenters. The van der Waals surface area contributed by atoms with Crippen LogP contribution in [-0.4, -0.2) is 52.8 Å². The first-order valence-electron chi connectivity index (χ1n) is 11.0. The summed E-state index contributed by atoms with van der Waals surface area (Å²) in [5.74, 6) is 0.627. The van der Waals surface area contributed by atoms with Gasteiger partial charge in [-0.15, -0.1) is 0 Å². The number of benzene rings is 2. The van der Waals surface area contributed by atoms with Crippen molar-refractivity contribution in [3.63, 3.8) is 0 Å². The van der Waals surface area contributed by atoms with Crippen LogP contribution >= 0.6 is 0 Å². The third-order valence-electron chi connectivity index (χ3n) is 6.20. The number of hydrogen-bond donors (Lipinski definition) is 0. The molecule has 1 aliphatic heterocycles. The second-order valence-electron chi connectivity index (χ2n) is 8.50. The molecule has 0 spiro atoms. The molecule has 5 rings (SSSR count). The third-order valence-corrected chi connectivity index (χ3v) is 6.20. The Bertz CT molecular complexity index is 1190. The van der Waals surface area contributed by atoms with E-state index in [9.17, 15) is 4.39 Å². The van der Waals surface area contributed by atoms with Crippen molar-refractivity contribution in [3.05, 3.63) is 84.0 Å². The molecule has 0 atom stereocenters. The molecule has 2 aromatic heterocycles. The Morgan fingerprint density at radius 2 is 1.56 bits per heavy atom. The van der Waals surface area contributed by atoms with E-state index < -0.39 is 0 Å². The molecule has 5 nitrogen and oxygen atoms in total. The highest BCUT2D eigenvalue weighted by Crippen LogP contribution is 2.32. The van der Waals surface area contributed by atoms with Crippen LogP contribution in [0.15, 0.2) is 71.5 Å². The van der Waals surface area contributed by atoms with E-state index >= 15 is 0 Å². The van der Waals surface area contributed by atoms with Gasteiger partial charge in [0.05, 0.1) is 18.1 Å². The van der Waals surface area contributed by atoms with Gasteiger partial charge in [0.1, 0.15) is 11.5 Å². The molecule has 1 fully saturated rings. The highest BCUT2D eigenvalue weighted by atomic mass is 19.1. The summed E-state index contributed by atoms with van der Waals surface area (Å²) in [6.45, 7) is 7.15. The van der Waals surface area contributed by atoms with Crippen molar-refractivity contribution in [2.24, 2.45) is 0 Å². The van der Waals surface area contributed by atoms with Crippen LogP contribution in [0.25, 0.3) is 28.3 Å². The van der Waals surface area contributed by atoms with Crippen molar-refractivity contribution >= 4 is 0 Å². The van der Waals surface area contributed by atoms with E-state index in [2.05, 4.69) is 23.8 Å². The first-order chi connectivity index (χ1) is 15.6. The minimum Gasteiger partial charge on any atom is -0.462 e. The van der Waals surface area contributed by atoms with Crippen molar-refractivity contribution in [2.45, 2.75) is 13.5 Å². The van der Waals surface area contributed by atoms with Gasteiger partial charge in [0.15, 0.2) is 5.76 Å². The van der Waals surface area contributed by atoms with Gasteiger partial charge >= 0.3 is 0 Å². The normalized spacial score (nSPS) is 15.3. The summed E-state index contributed by atoms with van der Waals surface area (Å²) in [6, 6.07) is 16.7. The van der Waals surface area contributed by atoms with Crippen molar-refractivity contribution in [3.8, 4) is 28.3 Å². The number of halogens is 1. The van der Waals surface area contributed by atoms with E-state index in [-0.39, 0.29) is 5.82 Å². The molecule has 0 saturated carbocycles. The fourth-order valence-electron chi connectivity index (χ4n) is 4.24. The lowest BCUT2D eigenvalue weighted by molar-refractivity contribution is 0.148. The molecule has 4 aromatic rings. The standard InChI is InChI=1S/C26H27FN4O/c1-19-11-16-32-26(19)25-22(18-30-14-12-29(2)13-15-30)17-28-31(25)24-9-5-21(6-10-24)20-3-7-23(27)8-4-20/h3-11,16-17H,12-15,18H2,1-2H3. The highest BCUT2D eigenvalue weighted by molar-refractivity contribution is 5.67. The Balaban J connectivity index is 1.49. The van der Waals surface area contributed by atoms with Gasteiger partial charge in [0.25, 0.3) is 0 Å². The van der Waals surface area contributed by atoms with Crippen molar-refractivity contribution in [2.75, 3.05) is 33.2 Å². The molecule has 1 aliphatic rings. The number of furan rings is 1. The number of likely N-dealkylation sites (N-methyl/N-ethyl adjacent to an activating group) is 1. The summed E-state index contributed by atoms with van der Waals surface area (Å²) in [7, 11) is 2.17. The van der Waals surface area contributed by atoms with Crippen LogP contribution in [0.2, 0.25) is 0 Å². The van der Waals surface area contributed by atoms with Gasteiger partial charge in [0.2, 0.25) is 0 Å². The molecule has 6 heteroatoms. The van der Waals surface area contributed by atoms with Crippen LogP contribution in [0, 0.1) is 12.7 Å². The fourth-order valence-corrected chi connectivity index (χ4v) is 4.24. The molecule has 0 bridgehead atoms. The van der Waals surface area contributed by atoms with Gasteiger partial charge in [0, 0.05) is 38.3 Å². The SMILES string of the molecule is Cc1ccoc1-c1c(CN2CCN(C)CC2)cnn1-c1ccc(-c2ccc(F)cc2)cc1. The van der Waals surface area contributed by atoms with Gasteiger partial charge < -0.3 is 9.32 Å². The van der Waals surface area contributed by atoms with Crippen molar-refractivity contribution in [1.29, 1.82) is 0 Å². The second-order valence-corrected chi connectivity index (χ2v) is 8.50. The van der Waals surface area contributed by atoms with Crippen LogP contribution in [0.5, 0.6) is 0 Å². The van der Waals surface area contributed by atoms with Gasteiger partial charge in [-0.05, 0) is 61.0 Å². The maximum Gasteiger partial charge on any atom is 0.155 e. The summed E-state index contributed by atoms with van der Waals surface area (Å²) >= 11 is 0. The van der Waals surface area contributed by atoms with Gasteiger partial charge in [-0.25, -0.2) is 9.07 Å². The quantitative estimate of drug-likeness (QED) is 0.447. The number of nitrogens with zero attached hydrogens (tertiary/aromatic N) is 4. The van der Waals surface area contributed by atoms with Crippen LogP contribution in [0.4, 0.5) is 4.39 Å². The lowest BCUT2D eigenvalue weighted by atomic mass is 10.1. The number of aryl methyl sites for hydroxylation is 1. The Kier molecular flexibility index (Phi) is 5.64. The largest absolute Gasteiger partial charge is 0.462 e. The molecule has 0 aliphatic carbocycles. The molecule has 32 heavy (non-hydrogen) atoms. The molecule has 164 valence electrons. The number of piperazine rings is 1. The molecule has 0 amide bonds. The van der Waals surface area contributed by atoms with E-state index in [1.165, 1.54) is 12.1 Å². The molecule has 3 heterocycles. The topological polar surface area (TPSA) is 37.4 Å². The zero-order valence-electron chi connectivity index (χ0n) is 18.5. The zero-order valence-corrected chi connectivity index (χ0v) is 18.5. The number of rotatable bonds is 5. The monoisotopic (exact) mass is 430 g/mol. The molecule has 1 saturated heterocycles. The maximum atomic E-state index is 13.3. The summed E-state index contributed by atoms with van der Waals surface area (Å²) in [5, 5.41) is 4.75. The van der Waals surface area contributed by atoms with Gasteiger partial charge in [-0.3, -0.25) is 4.90 Å². The molecule has 2 aromatic carbocycles. The van der Waals surface area contributed by atoms with Gasteiger partial charge in [-0.2, -0.15) is 5.10 Å². The Hall–Kier alpha value is -3.22. The van der Waals surface area contributed by atoms with Crippen LogP contribution in [0.1, 0.15) is 11.1 Å². The van der Waals surface area contributed by atoms with E-state index in [0.717, 1.165) is 72.1 Å². The Morgan fingerprint density at radius 3 is 2.19 bits per heavy atom. The minimum absolute atomic E-state index is 0.228. The third kappa shape index (κ3) is 4.11. The first kappa shape index (κ1) is 20.7. The first-order valence-corrected chi connectivity index (χ1v) is 11.0. The summed E-state index contributed by atoms with van der Waals surface area (Å²) in [6.07, 6.45) is 3.70. The minimum atomic E-state index is -0.228. The van der Waals surface area contributed by atoms with Gasteiger partial charge in [-0.1, -0.05) is 24.3 Å². The number of hydrogen-bond acceptors (Lipinski definition) is 4. The highest BCUT2D eigenvalue weighted by Gasteiger charge is 2.22. The predicted octanol–water partition coefficient (Wildman–Crippen LogP) is 4.99. The molecule has 0 radical (unpaired) electrons. The number of aromatic nitrogens is 2. The zero-order chi connectivity index (χ0) is 22.1. The summed E-state index contributed by atoms with van der Waals surface area (Å²) in [4.78, 5) is 4.83. The lowest BCUT2D eigenvalue weighted by Crippen LogP contribution is -2.43. The fraction of sp³-hybridized carbons (Fsp3) is 0.269. The van der Waals surface area contributed by atoms with Crippen LogP contribution in [-0.2, 0) is 6.54 Å². The smallest absolute Gasteiger partial charge is 0.155 e. The van der Waals surface area contributed by atoms with Crippen molar-refractivity contribution in [1.82, 2.24) is 19.6 Å². The average molecular weight is 431 g/mol. The summed E-state index contributed by atoms with van der Waals surface area (Å²) < 4.78 is 21.1. The van der Waals surface area contributed by atoms with E-state index in [1.807, 2.05) is 41.2 Å². The predicted molar refractivity (Wildman–Crippen MR) is 124 cm³/mol. The van der Waals surface area contributed by atoms with E-state index in [0.29, 0.717) is 0 Å². The Morgan fingerprint density at radius 1 is 0.906 bits per heavy atom. The molecular formula is C26H27FN4O. The maximum absolute atomic E-state index is 13.3. The Labute approximate surface area is 187 Å². The molecular weight excluding hydrogens is 403 g/mol. The second kappa shape index (κ2) is 8.73. The average Bonchev–Trinajstić information content (AvgIpc) is 3.41. The van der Waals surface area contributed by atoms with Crippen molar-refractivity contribution < 1.29 is 8.81 Å². The molecule has 0 N–H and O–H groups in total. The van der Waals surface area contributed by atoms with E-state index in [1.54, 1.807) is 18.4 Å². The summed E-state index contributed by atoms with van der Waals surface area (Å²) in [5.41, 5.74) is 6.24. The van der Waals surface area contributed by atoms with Crippen LogP contribution in [0.3, 0.4) is 0 Å².